The van der Waals surface area contributed by atoms with Crippen molar-refractivity contribution in [2.24, 2.45) is 5.73 Å². The van der Waals surface area contributed by atoms with Crippen molar-refractivity contribution in [3.63, 3.8) is 0 Å². The van der Waals surface area contributed by atoms with Crippen molar-refractivity contribution in [2.45, 2.75) is 19.9 Å². The lowest BCUT2D eigenvalue weighted by atomic mass is 10.1. The van der Waals surface area contributed by atoms with Crippen LogP contribution in [0.4, 0.5) is 0 Å². The highest BCUT2D eigenvalue weighted by Crippen LogP contribution is 2.19. The zero-order valence-electron chi connectivity index (χ0n) is 11.9. The predicted molar refractivity (Wildman–Crippen MR) is 81.6 cm³/mol. The van der Waals surface area contributed by atoms with Crippen LogP contribution in [0.1, 0.15) is 22.5 Å². The minimum atomic E-state index is 0.498. The van der Waals surface area contributed by atoms with Crippen molar-refractivity contribution >= 4 is 0 Å². The zero-order chi connectivity index (χ0) is 14.7. The molecule has 0 radical (unpaired) electrons. The fraction of sp³-hybridized carbons (Fsp3) is 0.176. The maximum Gasteiger partial charge on any atom is 0.257 e. The molecular formula is C17H17N3O. The number of aromatic nitrogens is 2. The van der Waals surface area contributed by atoms with E-state index in [0.717, 1.165) is 11.1 Å². The molecule has 2 N–H and O–H groups in total. The van der Waals surface area contributed by atoms with E-state index in [2.05, 4.69) is 35.3 Å². The van der Waals surface area contributed by atoms with Gasteiger partial charge in [0, 0.05) is 18.5 Å². The summed E-state index contributed by atoms with van der Waals surface area (Å²) < 4.78 is 5.35. The fourth-order valence-electron chi connectivity index (χ4n) is 2.28. The van der Waals surface area contributed by atoms with Gasteiger partial charge in [0.05, 0.1) is 0 Å². The predicted octanol–water partition coefficient (Wildman–Crippen LogP) is 3.09. The molecule has 0 saturated carbocycles. The molecule has 0 aliphatic heterocycles. The smallest absolute Gasteiger partial charge is 0.257 e. The Kier molecular flexibility index (Phi) is 3.79. The van der Waals surface area contributed by atoms with Crippen molar-refractivity contribution < 1.29 is 4.52 Å². The summed E-state index contributed by atoms with van der Waals surface area (Å²) in [6, 6.07) is 16.2. The summed E-state index contributed by atoms with van der Waals surface area (Å²) in [4.78, 5) is 4.46. The fourth-order valence-corrected chi connectivity index (χ4v) is 2.28. The van der Waals surface area contributed by atoms with Gasteiger partial charge in [-0.2, -0.15) is 4.98 Å². The van der Waals surface area contributed by atoms with Crippen LogP contribution in [-0.2, 0) is 13.0 Å². The number of nitrogens with two attached hydrogens (primary N) is 1. The molecule has 0 amide bonds. The highest BCUT2D eigenvalue weighted by molar-refractivity contribution is 5.54. The molecule has 0 aliphatic rings. The molecule has 1 aromatic heterocycles. The van der Waals surface area contributed by atoms with E-state index < -0.39 is 0 Å². The molecule has 4 nitrogen and oxygen atoms in total. The molecule has 3 aromatic rings. The Morgan fingerprint density at radius 2 is 1.86 bits per heavy atom. The second-order valence-electron chi connectivity index (χ2n) is 5.09. The Balaban J connectivity index is 1.82. The monoisotopic (exact) mass is 279 g/mol. The number of rotatable bonds is 4. The Bertz CT molecular complexity index is 749. The highest BCUT2D eigenvalue weighted by atomic mass is 16.5. The lowest BCUT2D eigenvalue weighted by Gasteiger charge is -1.99. The Hall–Kier alpha value is -2.46. The molecule has 0 unspecified atom stereocenters. The van der Waals surface area contributed by atoms with Crippen LogP contribution in [0, 0.1) is 6.92 Å². The molecule has 106 valence electrons. The second-order valence-corrected chi connectivity index (χ2v) is 5.09. The Morgan fingerprint density at radius 1 is 1.05 bits per heavy atom. The van der Waals surface area contributed by atoms with Crippen molar-refractivity contribution in [1.29, 1.82) is 0 Å². The third kappa shape index (κ3) is 3.17. The van der Waals surface area contributed by atoms with E-state index >= 15 is 0 Å². The zero-order valence-corrected chi connectivity index (χ0v) is 11.9. The Morgan fingerprint density at radius 3 is 2.67 bits per heavy atom. The van der Waals surface area contributed by atoms with Crippen LogP contribution in [0.3, 0.4) is 0 Å². The van der Waals surface area contributed by atoms with Crippen LogP contribution in [0.15, 0.2) is 53.1 Å². The molecule has 3 rings (SSSR count). The standard InChI is InChI=1S/C17H17N3O/c1-12-4-2-5-13(8-12)10-16-19-17(21-20-16)15-7-3-6-14(9-15)11-18/h2-9H,10-11,18H2,1H3. The van der Waals surface area contributed by atoms with Crippen LogP contribution >= 0.6 is 0 Å². The van der Waals surface area contributed by atoms with Crippen molar-refractivity contribution in [1.82, 2.24) is 10.1 Å². The van der Waals surface area contributed by atoms with E-state index in [1.54, 1.807) is 0 Å². The third-order valence-electron chi connectivity index (χ3n) is 3.32. The van der Waals surface area contributed by atoms with E-state index in [4.69, 9.17) is 10.3 Å². The maximum atomic E-state index is 5.65. The van der Waals surface area contributed by atoms with Gasteiger partial charge in [-0.15, -0.1) is 0 Å². The van der Waals surface area contributed by atoms with Crippen molar-refractivity contribution in [3.05, 3.63) is 71.0 Å². The molecule has 0 spiro atoms. The summed E-state index contributed by atoms with van der Waals surface area (Å²) >= 11 is 0. The maximum absolute atomic E-state index is 5.65. The summed E-state index contributed by atoms with van der Waals surface area (Å²) in [5.41, 5.74) is 10.0. The van der Waals surface area contributed by atoms with Gasteiger partial charge in [0.25, 0.3) is 5.89 Å². The minimum Gasteiger partial charge on any atom is -0.334 e. The first-order valence-corrected chi connectivity index (χ1v) is 6.92. The normalized spacial score (nSPS) is 10.8. The lowest BCUT2D eigenvalue weighted by Crippen LogP contribution is -1.96. The molecule has 0 fully saturated rings. The molecule has 2 aromatic carbocycles. The van der Waals surface area contributed by atoms with Crippen molar-refractivity contribution in [3.8, 4) is 11.5 Å². The van der Waals surface area contributed by atoms with Crippen molar-refractivity contribution in [2.75, 3.05) is 0 Å². The summed E-state index contributed by atoms with van der Waals surface area (Å²) in [6.07, 6.45) is 0.668. The average molecular weight is 279 g/mol. The van der Waals surface area contributed by atoms with E-state index in [0.29, 0.717) is 24.7 Å². The molecular weight excluding hydrogens is 262 g/mol. The van der Waals surface area contributed by atoms with Gasteiger partial charge in [-0.05, 0) is 30.2 Å². The van der Waals surface area contributed by atoms with Crippen LogP contribution in [0.25, 0.3) is 11.5 Å². The first-order chi connectivity index (χ1) is 10.2. The quantitative estimate of drug-likeness (QED) is 0.797. The largest absolute Gasteiger partial charge is 0.334 e. The highest BCUT2D eigenvalue weighted by Gasteiger charge is 2.09. The molecule has 0 bridgehead atoms. The number of hydrogen-bond acceptors (Lipinski definition) is 4. The number of aryl methyl sites for hydroxylation is 1. The van der Waals surface area contributed by atoms with Gasteiger partial charge in [0.2, 0.25) is 0 Å². The molecule has 1 heterocycles. The van der Waals surface area contributed by atoms with E-state index in [1.807, 2.05) is 30.3 Å². The van der Waals surface area contributed by atoms with E-state index in [9.17, 15) is 0 Å². The van der Waals surface area contributed by atoms with Gasteiger partial charge >= 0.3 is 0 Å². The summed E-state index contributed by atoms with van der Waals surface area (Å²) in [6.45, 7) is 2.57. The molecule has 0 atom stereocenters. The molecule has 4 heteroatoms. The molecule has 0 saturated heterocycles. The summed E-state index contributed by atoms with van der Waals surface area (Å²) in [5, 5.41) is 4.06. The molecule has 21 heavy (non-hydrogen) atoms. The van der Waals surface area contributed by atoms with Gasteiger partial charge < -0.3 is 10.3 Å². The minimum absolute atomic E-state index is 0.498. The Labute approximate surface area is 123 Å². The van der Waals surface area contributed by atoms with Crippen LogP contribution in [0.5, 0.6) is 0 Å². The second kappa shape index (κ2) is 5.89. The summed E-state index contributed by atoms with van der Waals surface area (Å²) in [7, 11) is 0. The van der Waals surface area contributed by atoms with Crippen LogP contribution in [0.2, 0.25) is 0 Å². The number of nitrogens with zero attached hydrogens (tertiary/aromatic N) is 2. The first-order valence-electron chi connectivity index (χ1n) is 6.92. The van der Waals surface area contributed by atoms with E-state index in [-0.39, 0.29) is 0 Å². The van der Waals surface area contributed by atoms with Gasteiger partial charge in [0.1, 0.15) is 0 Å². The van der Waals surface area contributed by atoms with E-state index in [1.165, 1.54) is 11.1 Å². The van der Waals surface area contributed by atoms with Gasteiger partial charge in [-0.1, -0.05) is 47.1 Å². The third-order valence-corrected chi connectivity index (χ3v) is 3.32. The number of hydrogen-bond donors (Lipinski definition) is 1. The summed E-state index contributed by atoms with van der Waals surface area (Å²) in [5.74, 6) is 1.22. The van der Waals surface area contributed by atoms with Gasteiger partial charge in [-0.3, -0.25) is 0 Å². The lowest BCUT2D eigenvalue weighted by molar-refractivity contribution is 0.424. The van der Waals surface area contributed by atoms with Crippen LogP contribution in [-0.4, -0.2) is 10.1 Å². The SMILES string of the molecule is Cc1cccc(Cc2noc(-c3cccc(CN)c3)n2)c1. The van der Waals surface area contributed by atoms with Crippen LogP contribution < -0.4 is 5.73 Å². The van der Waals surface area contributed by atoms with Gasteiger partial charge in [0.15, 0.2) is 5.82 Å². The first kappa shape index (κ1) is 13.5. The topological polar surface area (TPSA) is 64.9 Å². The average Bonchev–Trinajstić information content (AvgIpc) is 2.96. The number of benzene rings is 2. The van der Waals surface area contributed by atoms with Gasteiger partial charge in [-0.25, -0.2) is 0 Å². The molecule has 0 aliphatic carbocycles.